The van der Waals surface area contributed by atoms with Crippen molar-refractivity contribution in [1.29, 1.82) is 0 Å². The third kappa shape index (κ3) is 4.29. The van der Waals surface area contributed by atoms with Crippen molar-refractivity contribution in [1.82, 2.24) is 4.90 Å². The molecule has 1 amide bonds. The number of nitrogens with zero attached hydrogens (tertiary/aromatic N) is 1. The molecule has 3 rings (SSSR count). The van der Waals surface area contributed by atoms with Gasteiger partial charge in [-0.05, 0) is 49.5 Å². The van der Waals surface area contributed by atoms with Gasteiger partial charge in [-0.2, -0.15) is 0 Å². The van der Waals surface area contributed by atoms with E-state index in [1.54, 1.807) is 6.08 Å². The van der Waals surface area contributed by atoms with E-state index in [2.05, 4.69) is 6.92 Å². The Kier molecular flexibility index (Phi) is 5.75. The Morgan fingerprint density at radius 1 is 1.29 bits per heavy atom. The molecule has 130 valence electrons. The highest BCUT2D eigenvalue weighted by Crippen LogP contribution is 2.32. The fourth-order valence-electron chi connectivity index (χ4n) is 3.03. The van der Waals surface area contributed by atoms with Gasteiger partial charge in [0.05, 0.1) is 6.10 Å². The number of hydrogen-bond donors (Lipinski definition) is 0. The van der Waals surface area contributed by atoms with E-state index >= 15 is 0 Å². The van der Waals surface area contributed by atoms with Crippen molar-refractivity contribution in [3.05, 3.63) is 29.8 Å². The molecule has 0 aliphatic carbocycles. The molecule has 1 aromatic carbocycles. The van der Waals surface area contributed by atoms with Crippen LogP contribution in [0.15, 0.2) is 24.3 Å². The number of carbonyl (C=O) groups excluding carboxylic acids is 1. The van der Waals surface area contributed by atoms with Crippen LogP contribution in [0, 0.1) is 0 Å². The average Bonchev–Trinajstić information content (AvgIpc) is 2.94. The summed E-state index contributed by atoms with van der Waals surface area (Å²) in [4.78, 5) is 14.3. The minimum atomic E-state index is 0.0591. The van der Waals surface area contributed by atoms with Gasteiger partial charge in [0, 0.05) is 25.8 Å². The van der Waals surface area contributed by atoms with Crippen molar-refractivity contribution < 1.29 is 19.0 Å². The maximum absolute atomic E-state index is 12.4. The molecule has 5 nitrogen and oxygen atoms in total. The van der Waals surface area contributed by atoms with E-state index in [1.165, 1.54) is 0 Å². The quantitative estimate of drug-likeness (QED) is 0.777. The Labute approximate surface area is 143 Å². The monoisotopic (exact) mass is 331 g/mol. The SMILES string of the molecule is CCCO[C@@H]1CCCN(C(=O)/C=C\c2ccc3c(c2)OCO3)CC1. The molecule has 24 heavy (non-hydrogen) atoms. The number of benzene rings is 1. The van der Waals surface area contributed by atoms with E-state index in [4.69, 9.17) is 14.2 Å². The fourth-order valence-corrected chi connectivity index (χ4v) is 3.03. The van der Waals surface area contributed by atoms with Gasteiger partial charge in [0.1, 0.15) is 0 Å². The topological polar surface area (TPSA) is 48.0 Å². The predicted molar refractivity (Wildman–Crippen MR) is 92.1 cm³/mol. The first-order valence-corrected chi connectivity index (χ1v) is 8.74. The second kappa shape index (κ2) is 8.20. The van der Waals surface area contributed by atoms with Gasteiger partial charge >= 0.3 is 0 Å². The van der Waals surface area contributed by atoms with Gasteiger partial charge in [0.25, 0.3) is 0 Å². The van der Waals surface area contributed by atoms with Gasteiger partial charge in [-0.1, -0.05) is 13.0 Å². The average molecular weight is 331 g/mol. The standard InChI is InChI=1S/C19H25NO4/c1-2-12-22-16-4-3-10-20(11-9-16)19(21)8-6-15-5-7-17-18(13-15)24-14-23-17/h5-8,13,16H,2-4,9-12,14H2,1H3/b8-6-/t16-/m1/s1. The van der Waals surface area contributed by atoms with Crippen LogP contribution >= 0.6 is 0 Å². The lowest BCUT2D eigenvalue weighted by molar-refractivity contribution is -0.126. The number of rotatable bonds is 5. The Morgan fingerprint density at radius 3 is 3.04 bits per heavy atom. The molecule has 1 saturated heterocycles. The van der Waals surface area contributed by atoms with Crippen LogP contribution in [0.25, 0.3) is 6.08 Å². The zero-order valence-corrected chi connectivity index (χ0v) is 14.2. The van der Waals surface area contributed by atoms with Crippen molar-refractivity contribution in [2.45, 2.75) is 38.7 Å². The largest absolute Gasteiger partial charge is 0.454 e. The molecule has 0 spiro atoms. The Morgan fingerprint density at radius 2 is 2.17 bits per heavy atom. The van der Waals surface area contributed by atoms with Crippen LogP contribution in [0.2, 0.25) is 0 Å². The Balaban J connectivity index is 1.54. The van der Waals surface area contributed by atoms with E-state index in [0.717, 1.165) is 62.4 Å². The van der Waals surface area contributed by atoms with Crippen LogP contribution in [-0.2, 0) is 9.53 Å². The minimum absolute atomic E-state index is 0.0591. The molecule has 5 heteroatoms. The normalized spacial score (nSPS) is 20.4. The highest BCUT2D eigenvalue weighted by atomic mass is 16.7. The van der Waals surface area contributed by atoms with Crippen molar-refractivity contribution in [2.75, 3.05) is 26.5 Å². The molecule has 2 heterocycles. The molecule has 1 aromatic rings. The van der Waals surface area contributed by atoms with Crippen molar-refractivity contribution in [2.24, 2.45) is 0 Å². The number of amides is 1. The zero-order valence-electron chi connectivity index (χ0n) is 14.2. The smallest absolute Gasteiger partial charge is 0.246 e. The van der Waals surface area contributed by atoms with Gasteiger partial charge in [-0.25, -0.2) is 0 Å². The maximum atomic E-state index is 12.4. The summed E-state index contributed by atoms with van der Waals surface area (Å²) in [7, 11) is 0. The first-order valence-electron chi connectivity index (χ1n) is 8.74. The van der Waals surface area contributed by atoms with Gasteiger partial charge < -0.3 is 19.1 Å². The summed E-state index contributed by atoms with van der Waals surface area (Å²) in [6.07, 6.45) is 7.76. The first-order chi connectivity index (χ1) is 11.8. The molecular weight excluding hydrogens is 306 g/mol. The maximum Gasteiger partial charge on any atom is 0.246 e. The van der Waals surface area contributed by atoms with Crippen LogP contribution in [0.3, 0.4) is 0 Å². The number of fused-ring (bicyclic) bond motifs is 1. The predicted octanol–water partition coefficient (Wildman–Crippen LogP) is 3.24. The molecule has 2 aliphatic heterocycles. The van der Waals surface area contributed by atoms with Crippen molar-refractivity contribution in [3.63, 3.8) is 0 Å². The second-order valence-corrected chi connectivity index (χ2v) is 6.20. The summed E-state index contributed by atoms with van der Waals surface area (Å²) in [5.41, 5.74) is 0.937. The summed E-state index contributed by atoms with van der Waals surface area (Å²) >= 11 is 0. The summed E-state index contributed by atoms with van der Waals surface area (Å²) < 4.78 is 16.5. The number of likely N-dealkylation sites (tertiary alicyclic amines) is 1. The van der Waals surface area contributed by atoms with E-state index in [9.17, 15) is 4.79 Å². The Bertz CT molecular complexity index is 599. The van der Waals surface area contributed by atoms with E-state index in [-0.39, 0.29) is 12.7 Å². The van der Waals surface area contributed by atoms with Crippen molar-refractivity contribution >= 4 is 12.0 Å². The summed E-state index contributed by atoms with van der Waals surface area (Å²) in [5, 5.41) is 0. The molecule has 0 saturated carbocycles. The van der Waals surface area contributed by atoms with Gasteiger partial charge in [0.2, 0.25) is 12.7 Å². The van der Waals surface area contributed by atoms with Crippen molar-refractivity contribution in [3.8, 4) is 11.5 Å². The minimum Gasteiger partial charge on any atom is -0.454 e. The third-order valence-electron chi connectivity index (χ3n) is 4.36. The number of hydrogen-bond acceptors (Lipinski definition) is 4. The highest BCUT2D eigenvalue weighted by molar-refractivity contribution is 5.91. The Hall–Kier alpha value is -2.01. The van der Waals surface area contributed by atoms with Crippen LogP contribution in [0.1, 0.15) is 38.2 Å². The molecule has 0 aromatic heterocycles. The zero-order chi connectivity index (χ0) is 16.8. The molecule has 0 unspecified atom stereocenters. The number of carbonyl (C=O) groups is 1. The molecule has 2 aliphatic rings. The second-order valence-electron chi connectivity index (χ2n) is 6.20. The molecule has 0 N–H and O–H groups in total. The van der Waals surface area contributed by atoms with E-state index in [0.29, 0.717) is 6.10 Å². The van der Waals surface area contributed by atoms with Crippen LogP contribution < -0.4 is 9.47 Å². The summed E-state index contributed by atoms with van der Waals surface area (Å²) in [6.45, 7) is 4.75. The van der Waals surface area contributed by atoms with Crippen LogP contribution in [0.5, 0.6) is 11.5 Å². The molecular formula is C19H25NO4. The van der Waals surface area contributed by atoms with Gasteiger partial charge in [-0.15, -0.1) is 0 Å². The number of ether oxygens (including phenoxy) is 3. The highest BCUT2D eigenvalue weighted by Gasteiger charge is 2.19. The lowest BCUT2D eigenvalue weighted by atomic mass is 10.1. The molecule has 1 fully saturated rings. The van der Waals surface area contributed by atoms with E-state index < -0.39 is 0 Å². The summed E-state index contributed by atoms with van der Waals surface area (Å²) in [5.74, 6) is 1.54. The molecule has 0 radical (unpaired) electrons. The van der Waals surface area contributed by atoms with Gasteiger partial charge in [-0.3, -0.25) is 4.79 Å². The molecule has 1 atom stereocenters. The lowest BCUT2D eigenvalue weighted by Crippen LogP contribution is -2.30. The first kappa shape index (κ1) is 16.8. The summed E-state index contributed by atoms with van der Waals surface area (Å²) in [6, 6.07) is 5.69. The van der Waals surface area contributed by atoms with Crippen LogP contribution in [0.4, 0.5) is 0 Å². The fraction of sp³-hybridized carbons (Fsp3) is 0.526. The molecule has 0 bridgehead atoms. The van der Waals surface area contributed by atoms with E-state index in [1.807, 2.05) is 29.2 Å². The lowest BCUT2D eigenvalue weighted by Gasteiger charge is -2.19. The van der Waals surface area contributed by atoms with Crippen LogP contribution in [-0.4, -0.2) is 43.4 Å². The van der Waals surface area contributed by atoms with Gasteiger partial charge in [0.15, 0.2) is 11.5 Å². The third-order valence-corrected chi connectivity index (χ3v) is 4.36.